The summed E-state index contributed by atoms with van der Waals surface area (Å²) in [6, 6.07) is 16.0. The van der Waals surface area contributed by atoms with Crippen molar-refractivity contribution in [1.82, 2.24) is 15.2 Å². The van der Waals surface area contributed by atoms with Crippen LogP contribution < -0.4 is 10.2 Å². The van der Waals surface area contributed by atoms with Gasteiger partial charge in [0.15, 0.2) is 5.96 Å². The third kappa shape index (κ3) is 4.01. The van der Waals surface area contributed by atoms with Crippen LogP contribution in [0.2, 0.25) is 0 Å². The summed E-state index contributed by atoms with van der Waals surface area (Å²) in [6.07, 6.45) is 0.951. The Labute approximate surface area is 171 Å². The van der Waals surface area contributed by atoms with Crippen LogP contribution in [0, 0.1) is 6.92 Å². The molecule has 4 rings (SSSR count). The van der Waals surface area contributed by atoms with Gasteiger partial charge in [-0.3, -0.25) is 4.99 Å². The first kappa shape index (κ1) is 19.2. The van der Waals surface area contributed by atoms with E-state index < -0.39 is 0 Å². The lowest BCUT2D eigenvalue weighted by molar-refractivity contribution is 0.370. The number of phenolic OH excluding ortho intramolecular Hbond substituents is 1. The maximum atomic E-state index is 10.1. The van der Waals surface area contributed by atoms with Gasteiger partial charge in [-0.15, -0.1) is 0 Å². The van der Waals surface area contributed by atoms with E-state index in [1.54, 1.807) is 6.07 Å². The second-order valence-electron chi connectivity index (χ2n) is 7.46. The number of hydrogen-bond donors (Lipinski definition) is 3. The van der Waals surface area contributed by atoms with Crippen LogP contribution in [0.25, 0.3) is 10.9 Å². The lowest BCUT2D eigenvalue weighted by Gasteiger charge is -2.37. The van der Waals surface area contributed by atoms with Crippen molar-refractivity contribution in [3.8, 4) is 5.75 Å². The quantitative estimate of drug-likeness (QED) is 0.472. The fraction of sp³-hybridized carbons (Fsp3) is 0.348. The van der Waals surface area contributed by atoms with E-state index in [0.717, 1.165) is 50.8 Å². The number of anilines is 1. The van der Waals surface area contributed by atoms with E-state index in [1.165, 1.54) is 22.2 Å². The first-order valence-corrected chi connectivity index (χ1v) is 10.2. The van der Waals surface area contributed by atoms with E-state index >= 15 is 0 Å². The minimum atomic E-state index is 0.345. The monoisotopic (exact) mass is 391 g/mol. The number of phenols is 1. The maximum absolute atomic E-state index is 10.1. The van der Waals surface area contributed by atoms with E-state index in [1.807, 2.05) is 25.2 Å². The van der Waals surface area contributed by atoms with Crippen LogP contribution in [0.5, 0.6) is 5.75 Å². The average Bonchev–Trinajstić information content (AvgIpc) is 3.07. The molecule has 1 aliphatic heterocycles. The second kappa shape index (κ2) is 8.47. The van der Waals surface area contributed by atoms with E-state index in [0.29, 0.717) is 5.75 Å². The first-order valence-electron chi connectivity index (χ1n) is 10.2. The van der Waals surface area contributed by atoms with Gasteiger partial charge in [0.2, 0.25) is 0 Å². The van der Waals surface area contributed by atoms with E-state index in [-0.39, 0.29) is 0 Å². The summed E-state index contributed by atoms with van der Waals surface area (Å²) in [5, 5.41) is 14.9. The van der Waals surface area contributed by atoms with Gasteiger partial charge in [0, 0.05) is 56.4 Å². The number of fused-ring (bicyclic) bond motifs is 1. The van der Waals surface area contributed by atoms with E-state index in [2.05, 4.69) is 56.3 Å². The van der Waals surface area contributed by atoms with Crippen molar-refractivity contribution in [1.29, 1.82) is 0 Å². The molecule has 6 heteroatoms. The summed E-state index contributed by atoms with van der Waals surface area (Å²) in [5.41, 5.74) is 4.71. The largest absolute Gasteiger partial charge is 0.506 e. The van der Waals surface area contributed by atoms with Crippen molar-refractivity contribution in [2.45, 2.75) is 13.3 Å². The van der Waals surface area contributed by atoms with Gasteiger partial charge >= 0.3 is 0 Å². The van der Waals surface area contributed by atoms with Gasteiger partial charge in [-0.1, -0.05) is 30.3 Å². The van der Waals surface area contributed by atoms with Crippen LogP contribution >= 0.6 is 0 Å². The van der Waals surface area contributed by atoms with Gasteiger partial charge < -0.3 is 25.2 Å². The first-order chi connectivity index (χ1) is 14.2. The normalized spacial score (nSPS) is 15.2. The number of piperazine rings is 1. The molecule has 6 nitrogen and oxygen atoms in total. The molecule has 0 amide bonds. The van der Waals surface area contributed by atoms with Gasteiger partial charge in [0.1, 0.15) is 5.75 Å². The predicted molar refractivity (Wildman–Crippen MR) is 120 cm³/mol. The van der Waals surface area contributed by atoms with Crippen LogP contribution in [0.15, 0.2) is 53.5 Å². The maximum Gasteiger partial charge on any atom is 0.193 e. The Hall–Kier alpha value is -3.15. The fourth-order valence-corrected chi connectivity index (χ4v) is 4.18. The van der Waals surface area contributed by atoms with Crippen molar-refractivity contribution in [3.63, 3.8) is 0 Å². The topological polar surface area (TPSA) is 66.9 Å². The van der Waals surface area contributed by atoms with Crippen molar-refractivity contribution in [3.05, 3.63) is 59.8 Å². The highest BCUT2D eigenvalue weighted by molar-refractivity contribution is 5.85. The predicted octanol–water partition coefficient (Wildman–Crippen LogP) is 3.12. The molecule has 0 unspecified atom stereocenters. The Kier molecular flexibility index (Phi) is 5.60. The number of aromatic amines is 1. The Balaban J connectivity index is 1.33. The molecule has 2 aromatic carbocycles. The Bertz CT molecular complexity index is 1000. The molecule has 0 atom stereocenters. The summed E-state index contributed by atoms with van der Waals surface area (Å²) in [6.45, 7) is 6.46. The SMILES string of the molecule is CN=C(NCCc1c(C)[nH]c2ccccc12)N1CCN(c2ccccc2O)CC1. The van der Waals surface area contributed by atoms with Crippen molar-refractivity contribution in [2.75, 3.05) is 44.7 Å². The number of nitrogens with zero attached hydrogens (tertiary/aromatic N) is 3. The molecule has 0 saturated carbocycles. The lowest BCUT2D eigenvalue weighted by Crippen LogP contribution is -2.52. The molecule has 2 heterocycles. The number of para-hydroxylation sites is 3. The van der Waals surface area contributed by atoms with E-state index in [9.17, 15) is 5.11 Å². The molecule has 3 N–H and O–H groups in total. The van der Waals surface area contributed by atoms with Crippen molar-refractivity contribution in [2.24, 2.45) is 4.99 Å². The molecule has 29 heavy (non-hydrogen) atoms. The molecule has 1 fully saturated rings. The number of guanidine groups is 1. The zero-order valence-corrected chi connectivity index (χ0v) is 17.2. The summed E-state index contributed by atoms with van der Waals surface area (Å²) in [5.74, 6) is 1.29. The summed E-state index contributed by atoms with van der Waals surface area (Å²) in [7, 11) is 1.84. The zero-order valence-electron chi connectivity index (χ0n) is 17.2. The molecule has 152 valence electrons. The summed E-state index contributed by atoms with van der Waals surface area (Å²) >= 11 is 0. The minimum absolute atomic E-state index is 0.345. The smallest absolute Gasteiger partial charge is 0.193 e. The molecular formula is C23H29N5O. The van der Waals surface area contributed by atoms with Gasteiger partial charge in [0.05, 0.1) is 5.69 Å². The Morgan fingerprint density at radius 1 is 1.07 bits per heavy atom. The van der Waals surface area contributed by atoms with Gasteiger partial charge in [-0.05, 0) is 37.1 Å². The molecule has 0 bridgehead atoms. The van der Waals surface area contributed by atoms with Crippen LogP contribution in [0.1, 0.15) is 11.3 Å². The van der Waals surface area contributed by atoms with Crippen molar-refractivity contribution < 1.29 is 5.11 Å². The fourth-order valence-electron chi connectivity index (χ4n) is 4.18. The van der Waals surface area contributed by atoms with Crippen LogP contribution in [-0.4, -0.2) is 60.7 Å². The number of H-pyrrole nitrogens is 1. The number of aromatic hydroxyl groups is 1. The molecule has 0 spiro atoms. The molecule has 1 aliphatic rings. The number of rotatable bonds is 4. The summed E-state index contributed by atoms with van der Waals surface area (Å²) < 4.78 is 0. The highest BCUT2D eigenvalue weighted by Crippen LogP contribution is 2.27. The number of nitrogens with one attached hydrogen (secondary N) is 2. The van der Waals surface area contributed by atoms with Crippen LogP contribution in [0.4, 0.5) is 5.69 Å². The molecular weight excluding hydrogens is 362 g/mol. The van der Waals surface area contributed by atoms with Gasteiger partial charge in [-0.2, -0.15) is 0 Å². The highest BCUT2D eigenvalue weighted by Gasteiger charge is 2.21. The number of benzene rings is 2. The number of aryl methyl sites for hydroxylation is 1. The van der Waals surface area contributed by atoms with Gasteiger partial charge in [-0.25, -0.2) is 0 Å². The van der Waals surface area contributed by atoms with E-state index in [4.69, 9.17) is 0 Å². The highest BCUT2D eigenvalue weighted by atomic mass is 16.3. The third-order valence-corrected chi connectivity index (χ3v) is 5.70. The molecule has 3 aromatic rings. The number of aliphatic imine (C=N–C) groups is 1. The molecule has 1 saturated heterocycles. The second-order valence-corrected chi connectivity index (χ2v) is 7.46. The molecule has 0 aliphatic carbocycles. The standard InChI is InChI=1S/C23H29N5O/c1-17-18(19-7-3-4-8-20(19)26-17)11-12-25-23(24-2)28-15-13-27(14-16-28)21-9-5-6-10-22(21)29/h3-10,26,29H,11-16H2,1-2H3,(H,24,25). The minimum Gasteiger partial charge on any atom is -0.506 e. The summed E-state index contributed by atoms with van der Waals surface area (Å²) in [4.78, 5) is 12.5. The number of hydrogen-bond acceptors (Lipinski definition) is 3. The molecule has 1 aromatic heterocycles. The Morgan fingerprint density at radius 2 is 1.79 bits per heavy atom. The Morgan fingerprint density at radius 3 is 2.55 bits per heavy atom. The van der Waals surface area contributed by atoms with Crippen molar-refractivity contribution >= 4 is 22.5 Å². The van der Waals surface area contributed by atoms with Crippen LogP contribution in [-0.2, 0) is 6.42 Å². The zero-order chi connectivity index (χ0) is 20.2. The van der Waals surface area contributed by atoms with Crippen LogP contribution in [0.3, 0.4) is 0 Å². The van der Waals surface area contributed by atoms with Gasteiger partial charge in [0.25, 0.3) is 0 Å². The number of aromatic nitrogens is 1. The third-order valence-electron chi connectivity index (χ3n) is 5.70. The molecule has 0 radical (unpaired) electrons. The lowest BCUT2D eigenvalue weighted by atomic mass is 10.1. The average molecular weight is 392 g/mol.